The number of benzene rings is 2. The van der Waals surface area contributed by atoms with Gasteiger partial charge in [-0.15, -0.1) is 0 Å². The summed E-state index contributed by atoms with van der Waals surface area (Å²) in [7, 11) is -9.69. The highest BCUT2D eigenvalue weighted by Crippen LogP contribution is 2.61. The number of hydrogen-bond donors (Lipinski definition) is 6. The average Bonchev–Trinajstić information content (AvgIpc) is 2.83. The van der Waals surface area contributed by atoms with Gasteiger partial charge >= 0.3 is 15.2 Å². The molecule has 214 valence electrons. The van der Waals surface area contributed by atoms with E-state index in [1.54, 1.807) is 18.2 Å². The molecule has 3 aromatic rings. The standard InChI is InChI=1S/C26H34O11P2/c27-19-12-10-18(11-13-19)23-17-22(29)26-21(28)15-20(16-24(26)37-23)36-14-8-6-4-2-1-3-5-7-9-25(38(30,31)32)39(33,34)35/h10-13,15-17,25,27-28H,1-9,14H2,(H2,30,31,32)(H2,33,34,35). The zero-order valence-corrected chi connectivity index (χ0v) is 23.1. The predicted octanol–water partition coefficient (Wildman–Crippen LogP) is 5.44. The highest BCUT2D eigenvalue weighted by molar-refractivity contribution is 7.70. The van der Waals surface area contributed by atoms with Gasteiger partial charge < -0.3 is 38.9 Å². The minimum Gasteiger partial charge on any atom is -0.508 e. The molecule has 0 aliphatic carbocycles. The van der Waals surface area contributed by atoms with E-state index >= 15 is 0 Å². The van der Waals surface area contributed by atoms with E-state index in [-0.39, 0.29) is 28.9 Å². The number of phenolic OH excluding ortho intramolecular Hbond substituents is 2. The van der Waals surface area contributed by atoms with E-state index in [9.17, 15) is 24.1 Å². The molecule has 0 amide bonds. The molecule has 0 atom stereocenters. The maximum absolute atomic E-state index is 12.6. The first-order valence-corrected chi connectivity index (χ1v) is 16.1. The first kappa shape index (κ1) is 30.9. The Balaban J connectivity index is 1.39. The second-order valence-electron chi connectivity index (χ2n) is 9.46. The maximum Gasteiger partial charge on any atom is 0.340 e. The van der Waals surface area contributed by atoms with Gasteiger partial charge in [-0.2, -0.15) is 0 Å². The van der Waals surface area contributed by atoms with Crippen molar-refractivity contribution < 1.29 is 48.1 Å². The molecule has 0 radical (unpaired) electrons. The SMILES string of the molecule is O=c1cc(-c2ccc(O)cc2)oc2cc(OCCCCCCCCCCC(P(=O)(O)O)P(=O)(O)O)cc(O)c12. The lowest BCUT2D eigenvalue weighted by atomic mass is 10.1. The molecule has 0 fully saturated rings. The average molecular weight is 584 g/mol. The highest BCUT2D eigenvalue weighted by Gasteiger charge is 2.42. The fourth-order valence-electron chi connectivity index (χ4n) is 4.31. The molecule has 39 heavy (non-hydrogen) atoms. The summed E-state index contributed by atoms with van der Waals surface area (Å²) in [5.41, 5.74) is 0.393. The van der Waals surface area contributed by atoms with Crippen LogP contribution in [0.15, 0.2) is 51.7 Å². The van der Waals surface area contributed by atoms with Crippen molar-refractivity contribution in [3.05, 3.63) is 52.7 Å². The Kier molecular flexibility index (Phi) is 10.8. The molecule has 3 rings (SSSR count). The first-order valence-electron chi connectivity index (χ1n) is 12.7. The molecule has 13 heteroatoms. The lowest BCUT2D eigenvalue weighted by Gasteiger charge is -2.19. The molecular weight excluding hydrogens is 550 g/mol. The topological polar surface area (TPSA) is 195 Å². The summed E-state index contributed by atoms with van der Waals surface area (Å²) in [6.07, 6.45) is 6.03. The summed E-state index contributed by atoms with van der Waals surface area (Å²) >= 11 is 0. The third kappa shape index (κ3) is 9.21. The van der Waals surface area contributed by atoms with Crippen molar-refractivity contribution in [1.29, 1.82) is 0 Å². The molecular formula is C26H34O11P2. The predicted molar refractivity (Wildman–Crippen MR) is 146 cm³/mol. The van der Waals surface area contributed by atoms with Crippen molar-refractivity contribution >= 4 is 26.2 Å². The Morgan fingerprint density at radius 2 is 1.33 bits per heavy atom. The molecule has 0 bridgehead atoms. The van der Waals surface area contributed by atoms with Crippen molar-refractivity contribution in [3.63, 3.8) is 0 Å². The van der Waals surface area contributed by atoms with E-state index < -0.39 is 26.0 Å². The third-order valence-electron chi connectivity index (χ3n) is 6.34. The lowest BCUT2D eigenvalue weighted by Crippen LogP contribution is -2.09. The molecule has 0 saturated heterocycles. The lowest BCUT2D eigenvalue weighted by molar-refractivity contribution is 0.302. The summed E-state index contributed by atoms with van der Waals surface area (Å²) in [4.78, 5) is 49.1. The van der Waals surface area contributed by atoms with Crippen molar-refractivity contribution in [1.82, 2.24) is 0 Å². The van der Waals surface area contributed by atoms with Crippen LogP contribution >= 0.6 is 15.2 Å². The Bertz CT molecular complexity index is 1370. The second kappa shape index (κ2) is 13.6. The van der Waals surface area contributed by atoms with E-state index in [4.69, 9.17) is 28.7 Å². The fraction of sp³-hybridized carbons (Fsp3) is 0.423. The molecule has 2 aromatic carbocycles. The quantitative estimate of drug-likeness (QED) is 0.0983. The highest BCUT2D eigenvalue weighted by atomic mass is 31.2. The molecule has 0 unspecified atom stereocenters. The Labute approximate surface area is 225 Å². The van der Waals surface area contributed by atoms with Crippen LogP contribution in [0.2, 0.25) is 0 Å². The molecule has 0 aliphatic heterocycles. The summed E-state index contributed by atoms with van der Waals surface area (Å²) in [6.45, 7) is 0.402. The molecule has 1 heterocycles. The molecule has 0 aliphatic rings. The van der Waals surface area contributed by atoms with Crippen LogP contribution in [0.4, 0.5) is 0 Å². The van der Waals surface area contributed by atoms with Gasteiger partial charge in [0, 0.05) is 23.8 Å². The van der Waals surface area contributed by atoms with Crippen molar-refractivity contribution in [3.8, 4) is 28.6 Å². The monoisotopic (exact) mass is 584 g/mol. The number of hydrogen-bond acceptors (Lipinski definition) is 7. The number of fused-ring (bicyclic) bond motifs is 1. The van der Waals surface area contributed by atoms with Gasteiger partial charge in [0.2, 0.25) is 0 Å². The maximum atomic E-state index is 12.6. The van der Waals surface area contributed by atoms with Crippen LogP contribution in [0, 0.1) is 0 Å². The van der Waals surface area contributed by atoms with Crippen LogP contribution in [0.1, 0.15) is 57.8 Å². The molecule has 1 aromatic heterocycles. The van der Waals surface area contributed by atoms with Gasteiger partial charge in [-0.25, -0.2) is 0 Å². The van der Waals surface area contributed by atoms with Crippen LogP contribution in [0.3, 0.4) is 0 Å². The fourth-order valence-corrected chi connectivity index (χ4v) is 6.91. The van der Waals surface area contributed by atoms with E-state index in [2.05, 4.69) is 0 Å². The van der Waals surface area contributed by atoms with E-state index in [1.165, 1.54) is 24.3 Å². The number of ether oxygens (including phenoxy) is 1. The Hall–Kier alpha value is -2.65. The normalized spacial score (nSPS) is 12.3. The van der Waals surface area contributed by atoms with Crippen molar-refractivity contribution in [2.45, 2.75) is 63.2 Å². The van der Waals surface area contributed by atoms with Crippen LogP contribution < -0.4 is 10.2 Å². The van der Waals surface area contributed by atoms with E-state index in [0.29, 0.717) is 36.5 Å². The van der Waals surface area contributed by atoms with Crippen LogP contribution in [0.5, 0.6) is 17.2 Å². The summed E-state index contributed by atoms with van der Waals surface area (Å²) in [5, 5.41) is 18.0. The Morgan fingerprint density at radius 1 is 0.769 bits per heavy atom. The first-order chi connectivity index (χ1) is 18.4. The minimum atomic E-state index is -4.85. The molecule has 6 N–H and O–H groups in total. The summed E-state index contributed by atoms with van der Waals surface area (Å²) in [6, 6.07) is 10.4. The van der Waals surface area contributed by atoms with E-state index in [1.807, 2.05) is 0 Å². The Morgan fingerprint density at radius 3 is 1.92 bits per heavy atom. The van der Waals surface area contributed by atoms with Gasteiger partial charge in [0.15, 0.2) is 10.8 Å². The summed E-state index contributed by atoms with van der Waals surface area (Å²) in [5.74, 6) is 0.522. The van der Waals surface area contributed by atoms with Gasteiger partial charge in [-0.1, -0.05) is 44.9 Å². The molecule has 11 nitrogen and oxygen atoms in total. The molecule has 0 saturated carbocycles. The number of rotatable bonds is 15. The minimum absolute atomic E-state index is 0.0591. The summed E-state index contributed by atoms with van der Waals surface area (Å²) < 4.78 is 34.1. The van der Waals surface area contributed by atoms with Gasteiger partial charge in [-0.05, 0) is 37.1 Å². The van der Waals surface area contributed by atoms with Crippen LogP contribution in [-0.4, -0.2) is 41.8 Å². The van der Waals surface area contributed by atoms with Crippen LogP contribution in [-0.2, 0) is 9.13 Å². The zero-order chi connectivity index (χ0) is 28.6. The largest absolute Gasteiger partial charge is 0.508 e. The van der Waals surface area contributed by atoms with Gasteiger partial charge in [0.25, 0.3) is 0 Å². The third-order valence-corrected chi connectivity index (χ3v) is 10.2. The van der Waals surface area contributed by atoms with Crippen molar-refractivity contribution in [2.75, 3.05) is 6.61 Å². The number of unbranched alkanes of at least 4 members (excludes halogenated alkanes) is 7. The van der Waals surface area contributed by atoms with Crippen LogP contribution in [0.25, 0.3) is 22.3 Å². The number of phenols is 2. The van der Waals surface area contributed by atoms with Gasteiger partial charge in [0.05, 0.1) is 6.61 Å². The smallest absolute Gasteiger partial charge is 0.340 e. The number of aromatic hydroxyl groups is 2. The van der Waals surface area contributed by atoms with Crippen molar-refractivity contribution in [2.24, 2.45) is 0 Å². The van der Waals surface area contributed by atoms with E-state index in [0.717, 1.165) is 38.5 Å². The van der Waals surface area contributed by atoms with Gasteiger partial charge in [0.1, 0.15) is 34.0 Å². The zero-order valence-electron chi connectivity index (χ0n) is 21.3. The van der Waals surface area contributed by atoms with Gasteiger partial charge in [-0.3, -0.25) is 13.9 Å². The molecule has 0 spiro atoms. The second-order valence-corrected chi connectivity index (χ2v) is 13.5.